The maximum Gasteiger partial charge on any atom is 0.276 e. The molecule has 0 bridgehead atoms. The highest BCUT2D eigenvalue weighted by Gasteiger charge is 2.22. The second kappa shape index (κ2) is 10.4. The van der Waals surface area contributed by atoms with E-state index in [0.717, 1.165) is 0 Å². The number of ether oxygens (including phenoxy) is 1. The van der Waals surface area contributed by atoms with E-state index in [1.807, 2.05) is 0 Å². The summed E-state index contributed by atoms with van der Waals surface area (Å²) in [7, 11) is -3.57. The van der Waals surface area contributed by atoms with E-state index in [1.165, 1.54) is 16.1 Å². The van der Waals surface area contributed by atoms with Gasteiger partial charge < -0.3 is 9.15 Å². The Balaban J connectivity index is 1.61. The molecule has 0 saturated carbocycles. The number of nitrogens with zero attached hydrogens (tertiary/aromatic N) is 4. The van der Waals surface area contributed by atoms with Crippen molar-refractivity contribution in [1.29, 1.82) is 5.26 Å². The van der Waals surface area contributed by atoms with Gasteiger partial charge in [0.1, 0.15) is 5.75 Å². The van der Waals surface area contributed by atoms with Crippen molar-refractivity contribution >= 4 is 21.8 Å². The molecule has 31 heavy (non-hydrogen) atoms. The zero-order valence-corrected chi connectivity index (χ0v) is 18.8. The summed E-state index contributed by atoms with van der Waals surface area (Å²) in [6.07, 6.45) is 0. The van der Waals surface area contributed by atoms with Crippen molar-refractivity contribution in [2.75, 3.05) is 25.4 Å². The summed E-state index contributed by atoms with van der Waals surface area (Å²) < 4.78 is 38.2. The minimum atomic E-state index is -3.57. The molecule has 2 aromatic carbocycles. The van der Waals surface area contributed by atoms with Crippen molar-refractivity contribution in [3.63, 3.8) is 0 Å². The smallest absolute Gasteiger partial charge is 0.276 e. The van der Waals surface area contributed by atoms with Crippen LogP contribution in [0.1, 0.15) is 19.4 Å². The Hall–Kier alpha value is -2.87. The molecule has 10 heteroatoms. The summed E-state index contributed by atoms with van der Waals surface area (Å²) in [6, 6.07) is 15.4. The molecule has 0 fully saturated rings. The molecule has 0 aliphatic carbocycles. The number of aromatic nitrogens is 2. The normalized spacial score (nSPS) is 11.4. The summed E-state index contributed by atoms with van der Waals surface area (Å²) in [5, 5.41) is 17.2. The van der Waals surface area contributed by atoms with E-state index in [9.17, 15) is 8.42 Å². The van der Waals surface area contributed by atoms with Crippen LogP contribution >= 0.6 is 11.8 Å². The maximum atomic E-state index is 12.7. The van der Waals surface area contributed by atoms with E-state index in [0.29, 0.717) is 47.5 Å². The van der Waals surface area contributed by atoms with Crippen LogP contribution in [0.25, 0.3) is 11.5 Å². The number of sulfonamides is 1. The fraction of sp³-hybridized carbons (Fsp3) is 0.286. The first-order chi connectivity index (χ1) is 15.0. The predicted octanol–water partition coefficient (Wildman–Crippen LogP) is 3.81. The number of nitriles is 1. The van der Waals surface area contributed by atoms with Crippen LogP contribution in [0.15, 0.2) is 63.1 Å². The summed E-state index contributed by atoms with van der Waals surface area (Å²) in [6.45, 7) is 4.82. The minimum absolute atomic E-state index is 0.192. The lowest BCUT2D eigenvalue weighted by Gasteiger charge is -2.18. The van der Waals surface area contributed by atoms with Gasteiger partial charge >= 0.3 is 0 Å². The molecular weight excluding hydrogens is 436 g/mol. The third-order valence-corrected chi connectivity index (χ3v) is 7.22. The van der Waals surface area contributed by atoms with E-state index in [2.05, 4.69) is 16.3 Å². The van der Waals surface area contributed by atoms with E-state index < -0.39 is 10.0 Å². The van der Waals surface area contributed by atoms with Crippen LogP contribution in [0.4, 0.5) is 0 Å². The van der Waals surface area contributed by atoms with E-state index in [4.69, 9.17) is 14.4 Å². The van der Waals surface area contributed by atoms with Crippen molar-refractivity contribution < 1.29 is 17.6 Å². The van der Waals surface area contributed by atoms with Gasteiger partial charge in [0, 0.05) is 24.4 Å². The van der Waals surface area contributed by atoms with Crippen LogP contribution in [0.3, 0.4) is 0 Å². The van der Waals surface area contributed by atoms with Crippen LogP contribution in [-0.4, -0.2) is 48.4 Å². The highest BCUT2D eigenvalue weighted by atomic mass is 32.2. The SMILES string of the molecule is CCN(CC)S(=O)(=O)c1cccc(-c2nnc(SCCOc3ccc(C#N)cc3)o2)c1. The Bertz CT molecular complexity index is 1150. The lowest BCUT2D eigenvalue weighted by molar-refractivity contribution is 0.343. The van der Waals surface area contributed by atoms with Gasteiger partial charge in [0.05, 0.1) is 23.1 Å². The predicted molar refractivity (Wildman–Crippen MR) is 117 cm³/mol. The van der Waals surface area contributed by atoms with Gasteiger partial charge in [-0.1, -0.05) is 31.7 Å². The number of hydrogen-bond acceptors (Lipinski definition) is 8. The van der Waals surface area contributed by atoms with Crippen LogP contribution in [0.2, 0.25) is 0 Å². The second-order valence-electron chi connectivity index (χ2n) is 6.32. The van der Waals surface area contributed by atoms with Gasteiger partial charge in [0.2, 0.25) is 15.9 Å². The Kier molecular flexibility index (Phi) is 7.68. The summed E-state index contributed by atoms with van der Waals surface area (Å²) in [4.78, 5) is 0.192. The van der Waals surface area contributed by atoms with Crippen LogP contribution in [0, 0.1) is 11.3 Å². The molecule has 3 rings (SSSR count). The van der Waals surface area contributed by atoms with E-state index in [-0.39, 0.29) is 10.8 Å². The van der Waals surface area contributed by atoms with E-state index in [1.54, 1.807) is 62.4 Å². The Morgan fingerprint density at radius 3 is 2.55 bits per heavy atom. The largest absolute Gasteiger partial charge is 0.493 e. The van der Waals surface area contributed by atoms with Gasteiger partial charge in [-0.15, -0.1) is 10.2 Å². The molecule has 1 aromatic heterocycles. The second-order valence-corrected chi connectivity index (χ2v) is 9.31. The van der Waals surface area contributed by atoms with Gasteiger partial charge in [-0.05, 0) is 42.5 Å². The summed E-state index contributed by atoms with van der Waals surface area (Å²) in [5.41, 5.74) is 1.12. The van der Waals surface area contributed by atoms with Gasteiger partial charge in [-0.25, -0.2) is 8.42 Å². The number of rotatable bonds is 10. The van der Waals surface area contributed by atoms with Crippen molar-refractivity contribution in [2.45, 2.75) is 24.0 Å². The quantitative estimate of drug-likeness (QED) is 0.333. The lowest BCUT2D eigenvalue weighted by atomic mass is 10.2. The molecule has 162 valence electrons. The lowest BCUT2D eigenvalue weighted by Crippen LogP contribution is -2.30. The van der Waals surface area contributed by atoms with Gasteiger partial charge in [0.15, 0.2) is 0 Å². The summed E-state index contributed by atoms with van der Waals surface area (Å²) in [5.74, 6) is 1.52. The Morgan fingerprint density at radius 1 is 1.13 bits per heavy atom. The fourth-order valence-electron chi connectivity index (χ4n) is 2.80. The minimum Gasteiger partial charge on any atom is -0.493 e. The topological polar surface area (TPSA) is 109 Å². The van der Waals surface area contributed by atoms with Crippen molar-refractivity contribution in [3.8, 4) is 23.3 Å². The average Bonchev–Trinajstić information content (AvgIpc) is 3.27. The molecule has 0 atom stereocenters. The Morgan fingerprint density at radius 2 is 1.87 bits per heavy atom. The highest BCUT2D eigenvalue weighted by Crippen LogP contribution is 2.26. The number of benzene rings is 2. The fourth-order valence-corrected chi connectivity index (χ4v) is 4.88. The monoisotopic (exact) mass is 458 g/mol. The molecule has 0 amide bonds. The molecule has 0 aliphatic rings. The first-order valence-electron chi connectivity index (χ1n) is 9.67. The molecule has 0 saturated heterocycles. The van der Waals surface area contributed by atoms with Gasteiger partial charge in [-0.3, -0.25) is 0 Å². The van der Waals surface area contributed by atoms with Crippen LogP contribution in [0.5, 0.6) is 5.75 Å². The maximum absolute atomic E-state index is 12.7. The average molecular weight is 459 g/mol. The first-order valence-corrected chi connectivity index (χ1v) is 12.1. The van der Waals surface area contributed by atoms with Gasteiger partial charge in [0.25, 0.3) is 5.22 Å². The standard InChI is InChI=1S/C21H22N4O4S2/c1-3-25(4-2)31(26,27)19-7-5-6-17(14-19)20-23-24-21(29-20)30-13-12-28-18-10-8-16(15-22)9-11-18/h5-11,14H,3-4,12-13H2,1-2H3. The van der Waals surface area contributed by atoms with E-state index >= 15 is 0 Å². The molecule has 0 spiro atoms. The first kappa shape index (κ1) is 22.8. The van der Waals surface area contributed by atoms with Crippen molar-refractivity contribution in [1.82, 2.24) is 14.5 Å². The van der Waals surface area contributed by atoms with Crippen LogP contribution in [-0.2, 0) is 10.0 Å². The number of hydrogen-bond donors (Lipinski definition) is 0. The van der Waals surface area contributed by atoms with Crippen molar-refractivity contribution in [3.05, 3.63) is 54.1 Å². The zero-order valence-electron chi connectivity index (χ0n) is 17.2. The molecule has 0 radical (unpaired) electrons. The molecule has 0 unspecified atom stereocenters. The highest BCUT2D eigenvalue weighted by molar-refractivity contribution is 7.99. The molecule has 0 N–H and O–H groups in total. The third kappa shape index (κ3) is 5.64. The Labute approximate surface area is 185 Å². The molecule has 3 aromatic rings. The molecule has 1 heterocycles. The summed E-state index contributed by atoms with van der Waals surface area (Å²) >= 11 is 1.34. The molecule has 0 aliphatic heterocycles. The number of thioether (sulfide) groups is 1. The van der Waals surface area contributed by atoms with Crippen LogP contribution < -0.4 is 4.74 Å². The third-order valence-electron chi connectivity index (χ3n) is 4.39. The van der Waals surface area contributed by atoms with Crippen molar-refractivity contribution in [2.24, 2.45) is 0 Å². The van der Waals surface area contributed by atoms with Gasteiger partial charge in [-0.2, -0.15) is 9.57 Å². The molecular formula is C21H22N4O4S2. The molecule has 8 nitrogen and oxygen atoms in total. The zero-order chi connectivity index (χ0) is 22.3.